The van der Waals surface area contributed by atoms with E-state index >= 15 is 0 Å². The van der Waals surface area contributed by atoms with E-state index in [0.29, 0.717) is 18.5 Å². The average Bonchev–Trinajstić information content (AvgIpc) is 3.12. The fraction of sp³-hybridized carbons (Fsp3) is 0.320. The molecule has 7 nitrogen and oxygen atoms in total. The molecule has 7 heteroatoms. The van der Waals surface area contributed by atoms with Crippen LogP contribution in [0.15, 0.2) is 65.6 Å². The van der Waals surface area contributed by atoms with E-state index in [2.05, 4.69) is 27.4 Å². The second-order valence-corrected chi connectivity index (χ2v) is 8.16. The largest absolute Gasteiger partial charge is 0.353 e. The minimum Gasteiger partial charge on any atom is -0.353 e. The van der Waals surface area contributed by atoms with Crippen molar-refractivity contribution in [3.63, 3.8) is 0 Å². The lowest BCUT2D eigenvalue weighted by Crippen LogP contribution is -2.37. The summed E-state index contributed by atoms with van der Waals surface area (Å²) in [5, 5.41) is 8.97. The van der Waals surface area contributed by atoms with Crippen LogP contribution in [0.5, 0.6) is 0 Å². The SMILES string of the molecule is CC[C@@H](C(=O)NCCN(C)Cc1ccccc1)n1c2ccccc2c2cnn(C)c(=O)c21. The van der Waals surface area contributed by atoms with E-state index in [4.69, 9.17) is 0 Å². The van der Waals surface area contributed by atoms with E-state index in [-0.39, 0.29) is 11.5 Å². The summed E-state index contributed by atoms with van der Waals surface area (Å²) < 4.78 is 3.21. The van der Waals surface area contributed by atoms with Gasteiger partial charge in [0.2, 0.25) is 5.91 Å². The monoisotopic (exact) mass is 431 g/mol. The number of aryl methyl sites for hydroxylation is 1. The molecular weight excluding hydrogens is 402 g/mol. The molecule has 1 atom stereocenters. The minimum absolute atomic E-state index is 0.0814. The van der Waals surface area contributed by atoms with E-state index < -0.39 is 6.04 Å². The summed E-state index contributed by atoms with van der Waals surface area (Å²) in [6.07, 6.45) is 2.28. The Hall–Kier alpha value is -3.45. The summed E-state index contributed by atoms with van der Waals surface area (Å²) in [7, 11) is 3.67. The number of carbonyl (C=O) groups is 1. The van der Waals surface area contributed by atoms with Gasteiger partial charge in [-0.3, -0.25) is 9.59 Å². The van der Waals surface area contributed by atoms with Crippen LogP contribution < -0.4 is 10.9 Å². The number of nitrogens with zero attached hydrogens (tertiary/aromatic N) is 4. The summed E-state index contributed by atoms with van der Waals surface area (Å²) in [6, 6.07) is 17.6. The standard InChI is InChI=1S/C25H29N5O2/c1-4-21(24(31)26-14-15-28(2)17-18-10-6-5-7-11-18)30-22-13-9-8-12-19(22)20-16-27-29(3)25(32)23(20)30/h5-13,16,21H,4,14-15,17H2,1-3H3,(H,26,31)/t21-/m0/s1. The molecule has 0 aliphatic carbocycles. The second kappa shape index (κ2) is 9.36. The van der Waals surface area contributed by atoms with Crippen LogP contribution in [0.3, 0.4) is 0 Å². The lowest BCUT2D eigenvalue weighted by molar-refractivity contribution is -0.124. The van der Waals surface area contributed by atoms with Crippen molar-refractivity contribution in [3.8, 4) is 0 Å². The second-order valence-electron chi connectivity index (χ2n) is 8.16. The van der Waals surface area contributed by atoms with Gasteiger partial charge >= 0.3 is 0 Å². The van der Waals surface area contributed by atoms with Gasteiger partial charge in [0.05, 0.1) is 11.7 Å². The molecule has 166 valence electrons. The maximum Gasteiger partial charge on any atom is 0.291 e. The van der Waals surface area contributed by atoms with Crippen molar-refractivity contribution in [2.45, 2.75) is 25.9 Å². The van der Waals surface area contributed by atoms with Crippen molar-refractivity contribution in [1.82, 2.24) is 24.6 Å². The third kappa shape index (κ3) is 4.16. The third-order valence-electron chi connectivity index (χ3n) is 5.90. The van der Waals surface area contributed by atoms with Gasteiger partial charge in [-0.1, -0.05) is 55.5 Å². The Kier molecular flexibility index (Phi) is 6.37. The summed E-state index contributed by atoms with van der Waals surface area (Å²) in [6.45, 7) is 4.06. The lowest BCUT2D eigenvalue weighted by atomic mass is 10.2. The van der Waals surface area contributed by atoms with Gasteiger partial charge in [0.1, 0.15) is 11.6 Å². The van der Waals surface area contributed by atoms with E-state index in [1.54, 1.807) is 13.2 Å². The van der Waals surface area contributed by atoms with Gasteiger partial charge in [-0.05, 0) is 25.1 Å². The number of fused-ring (bicyclic) bond motifs is 3. The van der Waals surface area contributed by atoms with Crippen molar-refractivity contribution in [2.75, 3.05) is 20.1 Å². The maximum atomic E-state index is 13.2. The molecule has 0 saturated heterocycles. The van der Waals surface area contributed by atoms with Crippen LogP contribution in [0.4, 0.5) is 0 Å². The summed E-state index contributed by atoms with van der Waals surface area (Å²) in [5.41, 5.74) is 2.43. The molecule has 32 heavy (non-hydrogen) atoms. The molecule has 0 unspecified atom stereocenters. The van der Waals surface area contributed by atoms with Gasteiger partial charge in [-0.25, -0.2) is 4.68 Å². The Labute approximate surface area is 187 Å². The molecule has 0 spiro atoms. The minimum atomic E-state index is -0.480. The zero-order valence-electron chi connectivity index (χ0n) is 18.8. The summed E-state index contributed by atoms with van der Waals surface area (Å²) in [5.74, 6) is -0.0814. The molecule has 2 aromatic heterocycles. The molecule has 0 fully saturated rings. The molecular formula is C25H29N5O2. The summed E-state index contributed by atoms with van der Waals surface area (Å²) >= 11 is 0. The summed E-state index contributed by atoms with van der Waals surface area (Å²) in [4.78, 5) is 28.4. The molecule has 0 saturated carbocycles. The van der Waals surface area contributed by atoms with Crippen molar-refractivity contribution in [1.29, 1.82) is 0 Å². The van der Waals surface area contributed by atoms with Gasteiger partial charge in [-0.2, -0.15) is 5.10 Å². The number of rotatable bonds is 8. The molecule has 0 radical (unpaired) electrons. The van der Waals surface area contributed by atoms with Gasteiger partial charge in [-0.15, -0.1) is 0 Å². The number of likely N-dealkylation sites (N-methyl/N-ethyl adjacent to an activating group) is 1. The van der Waals surface area contributed by atoms with Crippen LogP contribution in [0.1, 0.15) is 24.9 Å². The molecule has 0 aliphatic heterocycles. The number of hydrogen-bond donors (Lipinski definition) is 1. The molecule has 0 aliphatic rings. The van der Waals surface area contributed by atoms with Crippen molar-refractivity contribution < 1.29 is 4.79 Å². The van der Waals surface area contributed by atoms with Crippen molar-refractivity contribution >= 4 is 27.7 Å². The van der Waals surface area contributed by atoms with Crippen LogP contribution >= 0.6 is 0 Å². The first-order valence-corrected chi connectivity index (χ1v) is 11.0. The quantitative estimate of drug-likeness (QED) is 0.465. The topological polar surface area (TPSA) is 72.2 Å². The highest BCUT2D eigenvalue weighted by molar-refractivity contribution is 6.08. The molecule has 1 amide bonds. The van der Waals surface area contributed by atoms with E-state index in [9.17, 15) is 9.59 Å². The van der Waals surface area contributed by atoms with E-state index in [1.165, 1.54) is 10.2 Å². The average molecular weight is 432 g/mol. The van der Waals surface area contributed by atoms with Crippen LogP contribution in [-0.4, -0.2) is 45.3 Å². The molecule has 4 aromatic rings. The number of para-hydroxylation sites is 1. The molecule has 2 aromatic carbocycles. The number of hydrogen-bond acceptors (Lipinski definition) is 4. The highest BCUT2D eigenvalue weighted by Crippen LogP contribution is 2.30. The lowest BCUT2D eigenvalue weighted by Gasteiger charge is -2.21. The van der Waals surface area contributed by atoms with Crippen LogP contribution in [0, 0.1) is 0 Å². The Morgan fingerprint density at radius 2 is 1.81 bits per heavy atom. The van der Waals surface area contributed by atoms with Gasteiger partial charge in [0.25, 0.3) is 5.56 Å². The molecule has 4 rings (SSSR count). The first-order chi connectivity index (χ1) is 15.5. The van der Waals surface area contributed by atoms with Crippen LogP contribution in [0.25, 0.3) is 21.8 Å². The zero-order chi connectivity index (χ0) is 22.7. The molecule has 0 bridgehead atoms. The third-order valence-corrected chi connectivity index (χ3v) is 5.90. The maximum absolute atomic E-state index is 13.2. The Balaban J connectivity index is 1.56. The first-order valence-electron chi connectivity index (χ1n) is 11.0. The number of carbonyl (C=O) groups excluding carboxylic acids is 1. The first kappa shape index (κ1) is 21.8. The fourth-order valence-corrected chi connectivity index (χ4v) is 4.26. The zero-order valence-corrected chi connectivity index (χ0v) is 18.8. The van der Waals surface area contributed by atoms with E-state index in [0.717, 1.165) is 29.4 Å². The number of nitrogens with one attached hydrogen (secondary N) is 1. The normalized spacial score (nSPS) is 12.5. The van der Waals surface area contributed by atoms with Crippen molar-refractivity contribution in [3.05, 3.63) is 76.7 Å². The Bertz CT molecular complexity index is 1290. The number of aromatic nitrogens is 3. The fourth-order valence-electron chi connectivity index (χ4n) is 4.26. The highest BCUT2D eigenvalue weighted by atomic mass is 16.2. The highest BCUT2D eigenvalue weighted by Gasteiger charge is 2.25. The number of benzene rings is 2. The van der Waals surface area contributed by atoms with E-state index in [1.807, 2.05) is 61.0 Å². The smallest absolute Gasteiger partial charge is 0.291 e. The van der Waals surface area contributed by atoms with Crippen LogP contribution in [0.2, 0.25) is 0 Å². The predicted molar refractivity (Wildman–Crippen MR) is 128 cm³/mol. The van der Waals surface area contributed by atoms with Crippen molar-refractivity contribution in [2.24, 2.45) is 7.05 Å². The Morgan fingerprint density at radius 3 is 2.56 bits per heavy atom. The van der Waals surface area contributed by atoms with Gasteiger partial charge in [0, 0.05) is 37.5 Å². The predicted octanol–water partition coefficient (Wildman–Crippen LogP) is 3.09. The number of amides is 1. The molecule has 1 N–H and O–H groups in total. The van der Waals surface area contributed by atoms with Crippen LogP contribution in [-0.2, 0) is 18.4 Å². The molecule has 2 heterocycles. The van der Waals surface area contributed by atoms with Gasteiger partial charge in [0.15, 0.2) is 0 Å². The van der Waals surface area contributed by atoms with Gasteiger partial charge < -0.3 is 14.8 Å². The Morgan fingerprint density at radius 1 is 1.09 bits per heavy atom.